The van der Waals surface area contributed by atoms with Gasteiger partial charge in [0.05, 0.1) is 6.54 Å². The van der Waals surface area contributed by atoms with Crippen molar-refractivity contribution in [2.24, 2.45) is 0 Å². The highest BCUT2D eigenvalue weighted by Gasteiger charge is 2.07. The van der Waals surface area contributed by atoms with Crippen LogP contribution >= 0.6 is 0 Å². The number of anilines is 1. The monoisotopic (exact) mass is 243 g/mol. The number of benzene rings is 1. The lowest BCUT2D eigenvalue weighted by atomic mass is 10.1. The number of carbonyl (C=O) groups is 1. The van der Waals surface area contributed by atoms with Crippen LogP contribution in [0.4, 0.5) is 5.69 Å². The molecule has 0 N–H and O–H groups in total. The predicted octanol–water partition coefficient (Wildman–Crippen LogP) is 3.35. The number of carbonyl (C=O) groups excluding carboxylic acids is 1. The van der Waals surface area contributed by atoms with Gasteiger partial charge in [-0.25, -0.2) is 0 Å². The lowest BCUT2D eigenvalue weighted by Crippen LogP contribution is -2.16. The number of hydrogen-bond donors (Lipinski definition) is 0. The van der Waals surface area contributed by atoms with E-state index in [4.69, 9.17) is 4.42 Å². The Labute approximate surface area is 107 Å². The summed E-state index contributed by atoms with van der Waals surface area (Å²) >= 11 is 0. The summed E-state index contributed by atoms with van der Waals surface area (Å²) in [7, 11) is 2.01. The van der Waals surface area contributed by atoms with E-state index in [1.54, 1.807) is 6.07 Å². The molecule has 0 aliphatic heterocycles. The van der Waals surface area contributed by atoms with Crippen LogP contribution in [-0.4, -0.2) is 13.3 Å². The number of hydrogen-bond acceptors (Lipinski definition) is 3. The fourth-order valence-corrected chi connectivity index (χ4v) is 2.04. The number of aryl methyl sites for hydroxylation is 2. The van der Waals surface area contributed by atoms with Gasteiger partial charge in [0.25, 0.3) is 0 Å². The van der Waals surface area contributed by atoms with Crippen LogP contribution in [0, 0.1) is 13.8 Å². The molecule has 2 rings (SSSR count). The van der Waals surface area contributed by atoms with Crippen LogP contribution in [0.15, 0.2) is 34.7 Å². The van der Waals surface area contributed by atoms with Crippen molar-refractivity contribution in [2.75, 3.05) is 11.9 Å². The zero-order valence-corrected chi connectivity index (χ0v) is 10.9. The molecule has 0 radical (unpaired) electrons. The Morgan fingerprint density at radius 2 is 1.83 bits per heavy atom. The maximum absolute atomic E-state index is 10.6. The number of rotatable bonds is 4. The third-order valence-electron chi connectivity index (χ3n) is 2.84. The molecule has 0 aliphatic carbocycles. The summed E-state index contributed by atoms with van der Waals surface area (Å²) in [5.74, 6) is 1.16. The minimum atomic E-state index is 0.374. The first-order valence-electron chi connectivity index (χ1n) is 5.92. The first-order valence-corrected chi connectivity index (χ1v) is 5.92. The third kappa shape index (κ3) is 2.80. The van der Waals surface area contributed by atoms with Gasteiger partial charge >= 0.3 is 0 Å². The molecule has 1 aromatic heterocycles. The fourth-order valence-electron chi connectivity index (χ4n) is 2.04. The van der Waals surface area contributed by atoms with E-state index >= 15 is 0 Å². The van der Waals surface area contributed by atoms with Gasteiger partial charge in [-0.15, -0.1) is 0 Å². The molecular formula is C15H17NO2. The molecule has 0 unspecified atom stereocenters. The topological polar surface area (TPSA) is 33.5 Å². The van der Waals surface area contributed by atoms with Gasteiger partial charge in [-0.05, 0) is 49.2 Å². The Bertz CT molecular complexity index is 537. The Balaban J connectivity index is 2.15. The Hall–Kier alpha value is -2.03. The molecule has 2 aromatic rings. The third-order valence-corrected chi connectivity index (χ3v) is 2.84. The van der Waals surface area contributed by atoms with E-state index in [2.05, 4.69) is 36.9 Å². The van der Waals surface area contributed by atoms with Crippen molar-refractivity contribution in [1.82, 2.24) is 0 Å². The van der Waals surface area contributed by atoms with Gasteiger partial charge in [-0.3, -0.25) is 4.79 Å². The zero-order valence-electron chi connectivity index (χ0n) is 10.9. The predicted molar refractivity (Wildman–Crippen MR) is 72.1 cm³/mol. The number of nitrogens with zero attached hydrogens (tertiary/aromatic N) is 1. The highest BCUT2D eigenvalue weighted by atomic mass is 16.3. The van der Waals surface area contributed by atoms with Crippen LogP contribution in [0.2, 0.25) is 0 Å². The average molecular weight is 243 g/mol. The lowest BCUT2D eigenvalue weighted by molar-refractivity contribution is 0.109. The Morgan fingerprint density at radius 3 is 2.39 bits per heavy atom. The summed E-state index contributed by atoms with van der Waals surface area (Å²) in [4.78, 5) is 12.7. The van der Waals surface area contributed by atoms with Crippen LogP contribution in [-0.2, 0) is 6.54 Å². The molecule has 1 aromatic carbocycles. The van der Waals surface area contributed by atoms with E-state index in [0.717, 1.165) is 17.7 Å². The molecule has 0 saturated heterocycles. The van der Waals surface area contributed by atoms with E-state index < -0.39 is 0 Å². The normalized spacial score (nSPS) is 10.4. The van der Waals surface area contributed by atoms with Gasteiger partial charge < -0.3 is 9.32 Å². The first kappa shape index (κ1) is 12.4. The summed E-state index contributed by atoms with van der Waals surface area (Å²) in [6.07, 6.45) is 0.723. The van der Waals surface area contributed by atoms with Crippen LogP contribution in [0.5, 0.6) is 0 Å². The largest absolute Gasteiger partial charge is 0.456 e. The second kappa shape index (κ2) is 5.08. The maximum atomic E-state index is 10.6. The van der Waals surface area contributed by atoms with Crippen LogP contribution in [0.1, 0.15) is 27.4 Å². The maximum Gasteiger partial charge on any atom is 0.185 e. The molecule has 0 bridgehead atoms. The number of aldehydes is 1. The Morgan fingerprint density at radius 1 is 1.17 bits per heavy atom. The van der Waals surface area contributed by atoms with Gasteiger partial charge in [-0.2, -0.15) is 0 Å². The van der Waals surface area contributed by atoms with Gasteiger partial charge in [0.1, 0.15) is 5.76 Å². The van der Waals surface area contributed by atoms with Crippen molar-refractivity contribution < 1.29 is 9.21 Å². The smallest absolute Gasteiger partial charge is 0.185 e. The molecule has 0 saturated carbocycles. The summed E-state index contributed by atoms with van der Waals surface area (Å²) < 4.78 is 5.38. The first-order chi connectivity index (χ1) is 8.58. The van der Waals surface area contributed by atoms with Crippen molar-refractivity contribution in [1.29, 1.82) is 0 Å². The Kier molecular flexibility index (Phi) is 3.51. The molecular weight excluding hydrogens is 226 g/mol. The SMILES string of the molecule is Cc1cc(C)cc(N(C)Cc2ccc(C=O)o2)c1. The fraction of sp³-hybridized carbons (Fsp3) is 0.267. The molecule has 0 fully saturated rings. The minimum Gasteiger partial charge on any atom is -0.456 e. The zero-order chi connectivity index (χ0) is 13.1. The van der Waals surface area contributed by atoms with E-state index in [1.807, 2.05) is 13.1 Å². The van der Waals surface area contributed by atoms with Crippen LogP contribution in [0.3, 0.4) is 0 Å². The van der Waals surface area contributed by atoms with Crippen molar-refractivity contribution in [3.05, 3.63) is 53.0 Å². The second-order valence-corrected chi connectivity index (χ2v) is 4.62. The van der Waals surface area contributed by atoms with Gasteiger partial charge in [-0.1, -0.05) is 6.07 Å². The summed E-state index contributed by atoms with van der Waals surface area (Å²) in [5, 5.41) is 0. The quantitative estimate of drug-likeness (QED) is 0.772. The summed E-state index contributed by atoms with van der Waals surface area (Å²) in [6.45, 7) is 4.82. The molecule has 0 aliphatic rings. The molecule has 3 nitrogen and oxygen atoms in total. The van der Waals surface area contributed by atoms with Crippen molar-refractivity contribution in [2.45, 2.75) is 20.4 Å². The summed E-state index contributed by atoms with van der Waals surface area (Å²) in [6, 6.07) is 9.95. The van der Waals surface area contributed by atoms with E-state index in [1.165, 1.54) is 11.1 Å². The number of furan rings is 1. The lowest BCUT2D eigenvalue weighted by Gasteiger charge is -2.19. The van der Waals surface area contributed by atoms with Crippen molar-refractivity contribution in [3.8, 4) is 0 Å². The molecule has 0 amide bonds. The molecule has 94 valence electrons. The van der Waals surface area contributed by atoms with Crippen molar-refractivity contribution >= 4 is 12.0 Å². The average Bonchev–Trinajstić information content (AvgIpc) is 2.75. The van der Waals surface area contributed by atoms with Crippen molar-refractivity contribution in [3.63, 3.8) is 0 Å². The summed E-state index contributed by atoms with van der Waals surface area (Å²) in [5.41, 5.74) is 3.63. The van der Waals surface area contributed by atoms with Gasteiger partial charge in [0, 0.05) is 12.7 Å². The van der Waals surface area contributed by atoms with Crippen LogP contribution < -0.4 is 4.90 Å². The van der Waals surface area contributed by atoms with Gasteiger partial charge in [0.15, 0.2) is 12.0 Å². The van der Waals surface area contributed by atoms with E-state index in [9.17, 15) is 4.79 Å². The highest BCUT2D eigenvalue weighted by Crippen LogP contribution is 2.20. The molecule has 0 spiro atoms. The molecule has 3 heteroatoms. The minimum absolute atomic E-state index is 0.374. The molecule has 18 heavy (non-hydrogen) atoms. The second-order valence-electron chi connectivity index (χ2n) is 4.62. The highest BCUT2D eigenvalue weighted by molar-refractivity contribution is 5.70. The van der Waals surface area contributed by atoms with E-state index in [-0.39, 0.29) is 0 Å². The van der Waals surface area contributed by atoms with Gasteiger partial charge in [0.2, 0.25) is 0 Å². The molecule has 0 atom stereocenters. The molecule has 1 heterocycles. The van der Waals surface area contributed by atoms with Crippen LogP contribution in [0.25, 0.3) is 0 Å². The standard InChI is InChI=1S/C15H17NO2/c1-11-6-12(2)8-13(7-11)16(3)9-14-4-5-15(10-17)18-14/h4-8,10H,9H2,1-3H3. The van der Waals surface area contributed by atoms with E-state index in [0.29, 0.717) is 12.3 Å².